The van der Waals surface area contributed by atoms with E-state index < -0.39 is 11.6 Å². The molecule has 3 heteroatoms. The normalized spacial score (nSPS) is 14.5. The molecule has 0 heterocycles. The van der Waals surface area contributed by atoms with E-state index >= 15 is 0 Å². The maximum Gasteiger partial charge on any atom is 0.345 e. The van der Waals surface area contributed by atoms with Gasteiger partial charge in [0.2, 0.25) is 5.60 Å². The van der Waals surface area contributed by atoms with Gasteiger partial charge >= 0.3 is 5.97 Å². The van der Waals surface area contributed by atoms with Crippen LogP contribution >= 0.6 is 0 Å². The van der Waals surface area contributed by atoms with Crippen molar-refractivity contribution in [1.29, 1.82) is 0 Å². The Labute approximate surface area is 124 Å². The number of hydrogen-bond acceptors (Lipinski definition) is 2. The molecule has 2 aromatic carbocycles. The first kappa shape index (κ1) is 15.3. The largest absolute Gasteiger partial charge is 0.479 e. The number of benzene rings is 2. The molecule has 1 unspecified atom stereocenters. The van der Waals surface area contributed by atoms with Crippen molar-refractivity contribution in [2.24, 2.45) is 0 Å². The second-order valence-corrected chi connectivity index (χ2v) is 6.18. The van der Waals surface area contributed by atoms with E-state index in [-0.39, 0.29) is 5.41 Å². The third-order valence-corrected chi connectivity index (χ3v) is 3.63. The van der Waals surface area contributed by atoms with Crippen LogP contribution in [0.25, 0.3) is 0 Å². The Morgan fingerprint density at radius 3 is 1.81 bits per heavy atom. The molecule has 21 heavy (non-hydrogen) atoms. The lowest BCUT2D eigenvalue weighted by Crippen LogP contribution is -2.39. The lowest BCUT2D eigenvalue weighted by molar-refractivity contribution is -0.155. The molecule has 0 radical (unpaired) electrons. The van der Waals surface area contributed by atoms with Crippen LogP contribution in [-0.2, 0) is 15.8 Å². The second-order valence-electron chi connectivity index (χ2n) is 6.18. The first-order valence-corrected chi connectivity index (χ1v) is 6.89. The topological polar surface area (TPSA) is 57.5 Å². The molecule has 0 spiro atoms. The lowest BCUT2D eigenvalue weighted by atomic mass is 9.76. The summed E-state index contributed by atoms with van der Waals surface area (Å²) in [6.45, 7) is 6.00. The average molecular weight is 284 g/mol. The summed E-state index contributed by atoms with van der Waals surface area (Å²) >= 11 is 0. The van der Waals surface area contributed by atoms with Crippen molar-refractivity contribution < 1.29 is 15.0 Å². The minimum Gasteiger partial charge on any atom is -0.479 e. The molecule has 0 aliphatic rings. The number of carboxylic acids is 1. The predicted octanol–water partition coefficient (Wildman–Crippen LogP) is 3.30. The summed E-state index contributed by atoms with van der Waals surface area (Å²) in [4.78, 5) is 11.9. The Hall–Kier alpha value is -2.13. The summed E-state index contributed by atoms with van der Waals surface area (Å²) in [5.74, 6) is -1.27. The molecule has 2 aromatic rings. The summed E-state index contributed by atoms with van der Waals surface area (Å²) in [6.07, 6.45) is 0. The standard InChI is InChI=1S/C18H20O3/c1-17(2,3)14-11-7-8-12-15(14)18(21,16(19)20)13-9-5-4-6-10-13/h4-12,21H,1-3H3,(H,19,20). The molecule has 0 bridgehead atoms. The number of aliphatic carboxylic acids is 1. The van der Waals surface area contributed by atoms with Gasteiger partial charge in [-0.15, -0.1) is 0 Å². The second kappa shape index (κ2) is 5.34. The van der Waals surface area contributed by atoms with Gasteiger partial charge in [0.15, 0.2) is 0 Å². The van der Waals surface area contributed by atoms with Crippen LogP contribution in [-0.4, -0.2) is 16.2 Å². The van der Waals surface area contributed by atoms with E-state index in [0.717, 1.165) is 5.56 Å². The van der Waals surface area contributed by atoms with Gasteiger partial charge in [-0.3, -0.25) is 0 Å². The zero-order valence-corrected chi connectivity index (χ0v) is 12.5. The van der Waals surface area contributed by atoms with Gasteiger partial charge in [-0.1, -0.05) is 75.4 Å². The Balaban J connectivity index is 2.74. The van der Waals surface area contributed by atoms with Gasteiger partial charge in [0.25, 0.3) is 0 Å². The number of aliphatic hydroxyl groups is 1. The number of carbonyl (C=O) groups is 1. The van der Waals surface area contributed by atoms with E-state index in [1.54, 1.807) is 42.5 Å². The lowest BCUT2D eigenvalue weighted by Gasteiger charge is -2.31. The minimum atomic E-state index is -2.05. The van der Waals surface area contributed by atoms with E-state index in [0.29, 0.717) is 11.1 Å². The van der Waals surface area contributed by atoms with E-state index in [1.165, 1.54) is 0 Å². The van der Waals surface area contributed by atoms with Crippen molar-refractivity contribution in [3.05, 3.63) is 71.3 Å². The summed E-state index contributed by atoms with van der Waals surface area (Å²) < 4.78 is 0. The minimum absolute atomic E-state index is 0.269. The zero-order valence-electron chi connectivity index (χ0n) is 12.5. The summed E-state index contributed by atoms with van der Waals surface area (Å²) in [7, 11) is 0. The summed E-state index contributed by atoms with van der Waals surface area (Å²) in [5.41, 5.74) is -0.732. The molecular weight excluding hydrogens is 264 g/mol. The molecule has 0 saturated carbocycles. The smallest absolute Gasteiger partial charge is 0.345 e. The van der Waals surface area contributed by atoms with Gasteiger partial charge in [-0.2, -0.15) is 0 Å². The highest BCUT2D eigenvalue weighted by molar-refractivity contribution is 5.84. The van der Waals surface area contributed by atoms with Crippen LogP contribution in [0, 0.1) is 0 Å². The molecule has 2 N–H and O–H groups in total. The third kappa shape index (κ3) is 2.69. The Bertz CT molecular complexity index is 641. The zero-order chi connectivity index (χ0) is 15.7. The van der Waals surface area contributed by atoms with Crippen LogP contribution in [0.4, 0.5) is 0 Å². The van der Waals surface area contributed by atoms with Crippen LogP contribution in [0.5, 0.6) is 0 Å². The van der Waals surface area contributed by atoms with Gasteiger partial charge in [0, 0.05) is 5.56 Å². The number of carboxylic acid groups (broad SMARTS) is 1. The van der Waals surface area contributed by atoms with E-state index in [1.807, 2.05) is 32.9 Å². The first-order chi connectivity index (χ1) is 9.78. The first-order valence-electron chi connectivity index (χ1n) is 6.89. The van der Waals surface area contributed by atoms with Crippen LogP contribution in [0.1, 0.15) is 37.5 Å². The van der Waals surface area contributed by atoms with Gasteiger partial charge in [0.05, 0.1) is 0 Å². The van der Waals surface area contributed by atoms with Crippen molar-refractivity contribution in [3.8, 4) is 0 Å². The SMILES string of the molecule is CC(C)(C)c1ccccc1C(O)(C(=O)O)c1ccccc1. The van der Waals surface area contributed by atoms with Crippen LogP contribution in [0.2, 0.25) is 0 Å². The summed E-state index contributed by atoms with van der Waals surface area (Å²) in [5, 5.41) is 20.7. The molecule has 0 amide bonds. The van der Waals surface area contributed by atoms with Crippen molar-refractivity contribution in [2.45, 2.75) is 31.8 Å². The third-order valence-electron chi connectivity index (χ3n) is 3.63. The average Bonchev–Trinajstić information content (AvgIpc) is 2.46. The number of rotatable bonds is 3. The maximum absolute atomic E-state index is 11.9. The van der Waals surface area contributed by atoms with Gasteiger partial charge < -0.3 is 10.2 Å². The highest BCUT2D eigenvalue weighted by Crippen LogP contribution is 2.37. The van der Waals surface area contributed by atoms with Gasteiger partial charge in [-0.05, 0) is 16.5 Å². The van der Waals surface area contributed by atoms with Crippen molar-refractivity contribution in [2.75, 3.05) is 0 Å². The Morgan fingerprint density at radius 2 is 1.33 bits per heavy atom. The van der Waals surface area contributed by atoms with E-state index in [2.05, 4.69) is 0 Å². The van der Waals surface area contributed by atoms with Crippen LogP contribution in [0.15, 0.2) is 54.6 Å². The van der Waals surface area contributed by atoms with Crippen molar-refractivity contribution >= 4 is 5.97 Å². The molecule has 0 fully saturated rings. The van der Waals surface area contributed by atoms with Crippen molar-refractivity contribution in [3.63, 3.8) is 0 Å². The Kier molecular flexibility index (Phi) is 3.88. The van der Waals surface area contributed by atoms with E-state index in [4.69, 9.17) is 0 Å². The van der Waals surface area contributed by atoms with Crippen LogP contribution in [0.3, 0.4) is 0 Å². The van der Waals surface area contributed by atoms with Gasteiger partial charge in [-0.25, -0.2) is 4.79 Å². The maximum atomic E-state index is 11.9. The number of hydrogen-bond donors (Lipinski definition) is 2. The highest BCUT2D eigenvalue weighted by atomic mass is 16.4. The Morgan fingerprint density at radius 1 is 0.857 bits per heavy atom. The fraction of sp³-hybridized carbons (Fsp3) is 0.278. The molecular formula is C18H20O3. The fourth-order valence-electron chi connectivity index (χ4n) is 2.53. The molecule has 110 valence electrons. The monoisotopic (exact) mass is 284 g/mol. The fourth-order valence-corrected chi connectivity index (χ4v) is 2.53. The summed E-state index contributed by atoms with van der Waals surface area (Å²) in [6, 6.07) is 15.7. The molecule has 0 saturated heterocycles. The predicted molar refractivity (Wildman–Crippen MR) is 82.2 cm³/mol. The molecule has 0 aliphatic heterocycles. The molecule has 0 aliphatic carbocycles. The molecule has 1 atom stereocenters. The highest BCUT2D eigenvalue weighted by Gasteiger charge is 2.42. The van der Waals surface area contributed by atoms with Crippen LogP contribution < -0.4 is 0 Å². The van der Waals surface area contributed by atoms with E-state index in [9.17, 15) is 15.0 Å². The molecule has 3 nitrogen and oxygen atoms in total. The van der Waals surface area contributed by atoms with Gasteiger partial charge in [0.1, 0.15) is 0 Å². The molecule has 2 rings (SSSR count). The quantitative estimate of drug-likeness (QED) is 0.909. The van der Waals surface area contributed by atoms with Crippen molar-refractivity contribution in [1.82, 2.24) is 0 Å². The molecule has 0 aromatic heterocycles.